The van der Waals surface area contributed by atoms with Crippen molar-refractivity contribution in [2.24, 2.45) is 5.92 Å². The summed E-state index contributed by atoms with van der Waals surface area (Å²) in [6.45, 7) is 4.11. The molecular formula is C18H26N2O. The first-order valence-corrected chi connectivity index (χ1v) is 8.40. The number of nitrogens with one attached hydrogen (secondary N) is 1. The van der Waals surface area contributed by atoms with Crippen LogP contribution < -0.4 is 10.2 Å². The van der Waals surface area contributed by atoms with Gasteiger partial charge in [-0.15, -0.1) is 0 Å². The highest BCUT2D eigenvalue weighted by Gasteiger charge is 2.25. The van der Waals surface area contributed by atoms with Crippen molar-refractivity contribution in [1.29, 1.82) is 0 Å². The topological polar surface area (TPSA) is 32.3 Å². The Morgan fingerprint density at radius 2 is 2.00 bits per heavy atom. The highest BCUT2D eigenvalue weighted by molar-refractivity contribution is 5.95. The summed E-state index contributed by atoms with van der Waals surface area (Å²) in [5.41, 5.74) is 2.36. The van der Waals surface area contributed by atoms with E-state index in [0.29, 0.717) is 12.5 Å². The van der Waals surface area contributed by atoms with Crippen LogP contribution in [-0.4, -0.2) is 18.5 Å². The van der Waals surface area contributed by atoms with E-state index in [1.165, 1.54) is 31.2 Å². The van der Waals surface area contributed by atoms with Crippen LogP contribution >= 0.6 is 0 Å². The zero-order chi connectivity index (χ0) is 14.7. The molecule has 1 saturated carbocycles. The van der Waals surface area contributed by atoms with Gasteiger partial charge in [0, 0.05) is 31.2 Å². The minimum Gasteiger partial charge on any atom is -0.312 e. The normalized spacial score (nSPS) is 25.8. The molecule has 1 saturated heterocycles. The summed E-state index contributed by atoms with van der Waals surface area (Å²) < 4.78 is 0. The van der Waals surface area contributed by atoms with Crippen LogP contribution in [0.4, 0.5) is 5.69 Å². The monoisotopic (exact) mass is 286 g/mol. The van der Waals surface area contributed by atoms with E-state index in [1.807, 2.05) is 4.90 Å². The van der Waals surface area contributed by atoms with Crippen LogP contribution in [0.2, 0.25) is 0 Å². The molecule has 2 unspecified atom stereocenters. The van der Waals surface area contributed by atoms with Crippen molar-refractivity contribution >= 4 is 11.6 Å². The second-order valence-corrected chi connectivity index (χ2v) is 6.40. The second-order valence-electron chi connectivity index (χ2n) is 6.40. The molecule has 114 valence electrons. The van der Waals surface area contributed by atoms with Crippen LogP contribution in [-0.2, 0) is 11.3 Å². The Bertz CT molecular complexity index is 482. The first-order chi connectivity index (χ1) is 10.3. The number of carbonyl (C=O) groups excluding carboxylic acids is 1. The molecule has 1 aromatic rings. The predicted molar refractivity (Wildman–Crippen MR) is 86.3 cm³/mol. The molecular weight excluding hydrogens is 260 g/mol. The van der Waals surface area contributed by atoms with Gasteiger partial charge in [0.05, 0.1) is 0 Å². The number of hydrogen-bond donors (Lipinski definition) is 1. The van der Waals surface area contributed by atoms with Gasteiger partial charge in [0.2, 0.25) is 5.91 Å². The minimum absolute atomic E-state index is 0.262. The molecule has 1 aliphatic heterocycles. The van der Waals surface area contributed by atoms with E-state index in [4.69, 9.17) is 0 Å². The van der Waals surface area contributed by atoms with Crippen LogP contribution in [0.5, 0.6) is 0 Å². The molecule has 0 bridgehead atoms. The molecule has 0 radical (unpaired) electrons. The summed E-state index contributed by atoms with van der Waals surface area (Å²) in [5.74, 6) is 1.11. The lowest BCUT2D eigenvalue weighted by atomic mass is 10.0. The molecule has 0 spiro atoms. The van der Waals surface area contributed by atoms with E-state index in [-0.39, 0.29) is 5.91 Å². The maximum absolute atomic E-state index is 11.7. The smallest absolute Gasteiger partial charge is 0.227 e. The Hall–Kier alpha value is -1.35. The van der Waals surface area contributed by atoms with Gasteiger partial charge in [-0.25, -0.2) is 0 Å². The molecule has 1 heterocycles. The van der Waals surface area contributed by atoms with E-state index in [0.717, 1.165) is 31.1 Å². The summed E-state index contributed by atoms with van der Waals surface area (Å²) >= 11 is 0. The molecule has 3 heteroatoms. The van der Waals surface area contributed by atoms with Crippen molar-refractivity contribution in [2.75, 3.05) is 11.4 Å². The fraction of sp³-hybridized carbons (Fsp3) is 0.611. The van der Waals surface area contributed by atoms with Gasteiger partial charge in [-0.3, -0.25) is 4.79 Å². The predicted octanol–water partition coefficient (Wildman–Crippen LogP) is 3.48. The van der Waals surface area contributed by atoms with Gasteiger partial charge in [0.1, 0.15) is 0 Å². The first kappa shape index (κ1) is 14.6. The molecule has 1 aromatic carbocycles. The van der Waals surface area contributed by atoms with Crippen molar-refractivity contribution in [2.45, 2.75) is 58.0 Å². The third-order valence-corrected chi connectivity index (χ3v) is 5.07. The van der Waals surface area contributed by atoms with Gasteiger partial charge in [0.25, 0.3) is 0 Å². The first-order valence-electron chi connectivity index (χ1n) is 8.40. The Morgan fingerprint density at radius 3 is 2.67 bits per heavy atom. The van der Waals surface area contributed by atoms with Crippen LogP contribution in [0.25, 0.3) is 0 Å². The van der Waals surface area contributed by atoms with E-state index < -0.39 is 0 Å². The zero-order valence-corrected chi connectivity index (χ0v) is 13.0. The lowest BCUT2D eigenvalue weighted by molar-refractivity contribution is -0.117. The maximum atomic E-state index is 11.7. The Labute approximate surface area is 127 Å². The number of anilines is 1. The summed E-state index contributed by atoms with van der Waals surface area (Å²) in [4.78, 5) is 13.6. The second kappa shape index (κ2) is 6.61. The lowest BCUT2D eigenvalue weighted by Crippen LogP contribution is -2.31. The fourth-order valence-corrected chi connectivity index (χ4v) is 3.76. The molecule has 21 heavy (non-hydrogen) atoms. The average Bonchev–Trinajstić information content (AvgIpc) is 3.14. The minimum atomic E-state index is 0.262. The zero-order valence-electron chi connectivity index (χ0n) is 13.0. The highest BCUT2D eigenvalue weighted by atomic mass is 16.2. The number of carbonyl (C=O) groups is 1. The van der Waals surface area contributed by atoms with E-state index in [1.54, 1.807) is 0 Å². The third-order valence-electron chi connectivity index (χ3n) is 5.07. The molecule has 2 aliphatic rings. The number of amides is 1. The SMILES string of the molecule is CCC1CCCC1NCc1ccc(N2CCCC2=O)cc1. The average molecular weight is 286 g/mol. The van der Waals surface area contributed by atoms with Gasteiger partial charge in [-0.2, -0.15) is 0 Å². The van der Waals surface area contributed by atoms with Gasteiger partial charge in [0.15, 0.2) is 0 Å². The molecule has 1 N–H and O–H groups in total. The van der Waals surface area contributed by atoms with Crippen molar-refractivity contribution in [3.8, 4) is 0 Å². The van der Waals surface area contributed by atoms with Crippen molar-refractivity contribution in [3.05, 3.63) is 29.8 Å². The molecule has 1 amide bonds. The summed E-state index contributed by atoms with van der Waals surface area (Å²) in [5, 5.41) is 3.72. The van der Waals surface area contributed by atoms with Crippen LogP contribution in [0.3, 0.4) is 0 Å². The van der Waals surface area contributed by atoms with Crippen molar-refractivity contribution in [3.63, 3.8) is 0 Å². The highest BCUT2D eigenvalue weighted by Crippen LogP contribution is 2.28. The summed E-state index contributed by atoms with van der Waals surface area (Å²) in [6, 6.07) is 9.18. The lowest BCUT2D eigenvalue weighted by Gasteiger charge is -2.20. The van der Waals surface area contributed by atoms with Gasteiger partial charge in [-0.05, 0) is 42.9 Å². The Morgan fingerprint density at radius 1 is 1.19 bits per heavy atom. The van der Waals surface area contributed by atoms with Crippen molar-refractivity contribution < 1.29 is 4.79 Å². The van der Waals surface area contributed by atoms with Crippen LogP contribution in [0, 0.1) is 5.92 Å². The quantitative estimate of drug-likeness (QED) is 0.898. The third kappa shape index (κ3) is 3.29. The van der Waals surface area contributed by atoms with E-state index in [9.17, 15) is 4.79 Å². The molecule has 2 atom stereocenters. The maximum Gasteiger partial charge on any atom is 0.227 e. The van der Waals surface area contributed by atoms with E-state index in [2.05, 4.69) is 36.5 Å². The van der Waals surface area contributed by atoms with Crippen LogP contribution in [0.15, 0.2) is 24.3 Å². The Kier molecular flexibility index (Phi) is 4.59. The molecule has 2 fully saturated rings. The fourth-order valence-electron chi connectivity index (χ4n) is 3.76. The summed E-state index contributed by atoms with van der Waals surface area (Å²) in [7, 11) is 0. The molecule has 0 aromatic heterocycles. The van der Waals surface area contributed by atoms with Gasteiger partial charge < -0.3 is 10.2 Å². The standard InChI is InChI=1S/C18H26N2O/c1-2-15-5-3-6-17(15)19-13-14-8-10-16(11-9-14)20-12-4-7-18(20)21/h8-11,15,17,19H,2-7,12-13H2,1H3. The number of benzene rings is 1. The summed E-state index contributed by atoms with van der Waals surface area (Å²) in [6.07, 6.45) is 7.04. The number of rotatable bonds is 5. The van der Waals surface area contributed by atoms with E-state index >= 15 is 0 Å². The molecule has 3 nitrogen and oxygen atoms in total. The Balaban J connectivity index is 1.56. The molecule has 1 aliphatic carbocycles. The number of nitrogens with zero attached hydrogens (tertiary/aromatic N) is 1. The largest absolute Gasteiger partial charge is 0.312 e. The van der Waals surface area contributed by atoms with Crippen LogP contribution in [0.1, 0.15) is 51.0 Å². The number of hydrogen-bond acceptors (Lipinski definition) is 2. The van der Waals surface area contributed by atoms with Gasteiger partial charge >= 0.3 is 0 Å². The van der Waals surface area contributed by atoms with Gasteiger partial charge in [-0.1, -0.05) is 31.9 Å². The van der Waals surface area contributed by atoms with Crippen molar-refractivity contribution in [1.82, 2.24) is 5.32 Å². The molecule has 3 rings (SSSR count).